The third kappa shape index (κ3) is 7.57. The van der Waals surface area contributed by atoms with Crippen LogP contribution in [0.3, 0.4) is 0 Å². The molecule has 7 heteroatoms. The minimum Gasteiger partial charge on any atom is -0.494 e. The zero-order chi connectivity index (χ0) is 20.4. The molecule has 2 rings (SSSR count). The number of hydrogen-bond acceptors (Lipinski definition) is 4. The lowest BCUT2D eigenvalue weighted by Gasteiger charge is -2.10. The van der Waals surface area contributed by atoms with E-state index in [-0.39, 0.29) is 12.5 Å². The van der Waals surface area contributed by atoms with Crippen LogP contribution >= 0.6 is 0 Å². The Morgan fingerprint density at radius 2 is 1.57 bits per heavy atom. The highest BCUT2D eigenvalue weighted by molar-refractivity contribution is 5.94. The molecular weight excluding hydrogens is 358 g/mol. The van der Waals surface area contributed by atoms with Crippen LogP contribution in [0.25, 0.3) is 0 Å². The van der Waals surface area contributed by atoms with Gasteiger partial charge in [0.15, 0.2) is 0 Å². The van der Waals surface area contributed by atoms with Crippen LogP contribution in [-0.2, 0) is 4.79 Å². The summed E-state index contributed by atoms with van der Waals surface area (Å²) in [6.07, 6.45) is 0. The summed E-state index contributed by atoms with van der Waals surface area (Å²) >= 11 is 0. The van der Waals surface area contributed by atoms with E-state index in [0.29, 0.717) is 25.4 Å². The third-order valence-electron chi connectivity index (χ3n) is 3.71. The van der Waals surface area contributed by atoms with Crippen molar-refractivity contribution in [1.29, 1.82) is 0 Å². The molecule has 0 unspecified atom stereocenters. The van der Waals surface area contributed by atoms with E-state index in [1.807, 2.05) is 32.9 Å². The Kier molecular flexibility index (Phi) is 8.14. The van der Waals surface area contributed by atoms with Crippen molar-refractivity contribution < 1.29 is 19.1 Å². The predicted molar refractivity (Wildman–Crippen MR) is 109 cm³/mol. The van der Waals surface area contributed by atoms with Gasteiger partial charge in [-0.15, -0.1) is 0 Å². The van der Waals surface area contributed by atoms with Gasteiger partial charge < -0.3 is 25.4 Å². The standard InChI is InChI=1S/C21H27N3O4/c1-4-27-18-7-5-17(6-8-18)24-20(25)14-23-21(26)22-9-10-28-19-12-15(2)11-16(3)13-19/h5-8,11-13H,4,9-10,14H2,1-3H3,(H,24,25)(H2,22,23,26). The first-order valence-corrected chi connectivity index (χ1v) is 9.22. The number of anilines is 1. The van der Waals surface area contributed by atoms with Crippen LogP contribution in [0.4, 0.5) is 10.5 Å². The van der Waals surface area contributed by atoms with Crippen LogP contribution in [-0.4, -0.2) is 38.2 Å². The van der Waals surface area contributed by atoms with Crippen LogP contribution in [0.2, 0.25) is 0 Å². The van der Waals surface area contributed by atoms with Gasteiger partial charge in [0.2, 0.25) is 5.91 Å². The number of urea groups is 1. The number of hydrogen-bond donors (Lipinski definition) is 3. The molecule has 3 amide bonds. The fourth-order valence-electron chi connectivity index (χ4n) is 2.58. The maximum atomic E-state index is 11.9. The van der Waals surface area contributed by atoms with E-state index in [4.69, 9.17) is 9.47 Å². The first-order valence-electron chi connectivity index (χ1n) is 9.22. The normalized spacial score (nSPS) is 10.1. The van der Waals surface area contributed by atoms with Gasteiger partial charge in [0.1, 0.15) is 18.1 Å². The Morgan fingerprint density at radius 1 is 0.893 bits per heavy atom. The summed E-state index contributed by atoms with van der Waals surface area (Å²) in [5.41, 5.74) is 2.89. The molecule has 0 spiro atoms. The Balaban J connectivity index is 1.62. The molecule has 0 fully saturated rings. The molecule has 0 atom stereocenters. The van der Waals surface area contributed by atoms with E-state index in [9.17, 15) is 9.59 Å². The van der Waals surface area contributed by atoms with Crippen molar-refractivity contribution in [1.82, 2.24) is 10.6 Å². The number of ether oxygens (including phenoxy) is 2. The summed E-state index contributed by atoms with van der Waals surface area (Å²) in [7, 11) is 0. The highest BCUT2D eigenvalue weighted by Gasteiger charge is 2.06. The second-order valence-electron chi connectivity index (χ2n) is 6.29. The van der Waals surface area contributed by atoms with Crippen molar-refractivity contribution in [2.75, 3.05) is 31.6 Å². The minimum atomic E-state index is -0.425. The molecule has 3 N–H and O–H groups in total. The van der Waals surface area contributed by atoms with Crippen LogP contribution < -0.4 is 25.4 Å². The van der Waals surface area contributed by atoms with Gasteiger partial charge in [0, 0.05) is 5.69 Å². The molecule has 0 bridgehead atoms. The average molecular weight is 385 g/mol. The van der Waals surface area contributed by atoms with Gasteiger partial charge in [0.05, 0.1) is 19.7 Å². The minimum absolute atomic E-state index is 0.128. The lowest BCUT2D eigenvalue weighted by molar-refractivity contribution is -0.115. The monoisotopic (exact) mass is 385 g/mol. The summed E-state index contributed by atoms with van der Waals surface area (Å²) in [5.74, 6) is 1.20. The molecule has 2 aromatic rings. The molecule has 0 saturated carbocycles. The topological polar surface area (TPSA) is 88.7 Å². The summed E-state index contributed by atoms with van der Waals surface area (Å²) in [6, 6.07) is 12.6. The number of carbonyl (C=O) groups is 2. The van der Waals surface area contributed by atoms with Crippen molar-refractivity contribution in [3.05, 3.63) is 53.6 Å². The molecule has 0 saturated heterocycles. The van der Waals surface area contributed by atoms with Crippen LogP contribution in [0.1, 0.15) is 18.1 Å². The summed E-state index contributed by atoms with van der Waals surface area (Å²) in [4.78, 5) is 23.7. The Labute approximate surface area is 165 Å². The van der Waals surface area contributed by atoms with Gasteiger partial charge in [-0.1, -0.05) is 6.07 Å². The van der Waals surface area contributed by atoms with Gasteiger partial charge in [-0.3, -0.25) is 4.79 Å². The molecule has 0 aliphatic heterocycles. The van der Waals surface area contributed by atoms with E-state index in [1.54, 1.807) is 24.3 Å². The summed E-state index contributed by atoms with van der Waals surface area (Å²) < 4.78 is 11.0. The fraction of sp³-hybridized carbons (Fsp3) is 0.333. The molecule has 28 heavy (non-hydrogen) atoms. The number of aryl methyl sites for hydroxylation is 2. The van der Waals surface area contributed by atoms with Gasteiger partial charge in [-0.2, -0.15) is 0 Å². The first kappa shape index (κ1) is 21.1. The smallest absolute Gasteiger partial charge is 0.315 e. The van der Waals surface area contributed by atoms with E-state index in [1.165, 1.54) is 0 Å². The van der Waals surface area contributed by atoms with E-state index >= 15 is 0 Å². The molecular formula is C21H27N3O4. The molecule has 150 valence electrons. The van der Waals surface area contributed by atoms with E-state index < -0.39 is 6.03 Å². The number of rotatable bonds is 9. The molecule has 0 aromatic heterocycles. The summed E-state index contributed by atoms with van der Waals surface area (Å²) in [6.45, 7) is 7.04. The van der Waals surface area contributed by atoms with Gasteiger partial charge >= 0.3 is 6.03 Å². The summed E-state index contributed by atoms with van der Waals surface area (Å²) in [5, 5.41) is 7.86. The molecule has 0 aliphatic carbocycles. The van der Waals surface area contributed by atoms with E-state index in [0.717, 1.165) is 22.6 Å². The predicted octanol–water partition coefficient (Wildman–Crippen LogP) is 3.02. The highest BCUT2D eigenvalue weighted by atomic mass is 16.5. The SMILES string of the molecule is CCOc1ccc(NC(=O)CNC(=O)NCCOc2cc(C)cc(C)c2)cc1. The van der Waals surface area contributed by atoms with Crippen LogP contribution in [0.5, 0.6) is 11.5 Å². The highest BCUT2D eigenvalue weighted by Crippen LogP contribution is 2.16. The van der Waals surface area contributed by atoms with Crippen LogP contribution in [0.15, 0.2) is 42.5 Å². The average Bonchev–Trinajstić information content (AvgIpc) is 2.65. The maximum absolute atomic E-state index is 11.9. The Hall–Kier alpha value is -3.22. The fourth-order valence-corrected chi connectivity index (χ4v) is 2.58. The zero-order valence-corrected chi connectivity index (χ0v) is 16.5. The third-order valence-corrected chi connectivity index (χ3v) is 3.71. The lowest BCUT2D eigenvalue weighted by Crippen LogP contribution is -2.41. The molecule has 0 aliphatic rings. The van der Waals surface area contributed by atoms with Gasteiger partial charge in [-0.25, -0.2) is 4.79 Å². The molecule has 0 radical (unpaired) electrons. The van der Waals surface area contributed by atoms with Crippen molar-refractivity contribution in [2.45, 2.75) is 20.8 Å². The van der Waals surface area contributed by atoms with Crippen molar-refractivity contribution in [3.8, 4) is 11.5 Å². The van der Waals surface area contributed by atoms with E-state index in [2.05, 4.69) is 22.0 Å². The Morgan fingerprint density at radius 3 is 2.21 bits per heavy atom. The molecule has 7 nitrogen and oxygen atoms in total. The molecule has 0 heterocycles. The second-order valence-corrected chi connectivity index (χ2v) is 6.29. The van der Waals surface area contributed by atoms with Crippen molar-refractivity contribution in [2.24, 2.45) is 0 Å². The maximum Gasteiger partial charge on any atom is 0.315 e. The first-order chi connectivity index (χ1) is 13.5. The second kappa shape index (κ2) is 10.8. The lowest BCUT2D eigenvalue weighted by atomic mass is 10.1. The molecule has 2 aromatic carbocycles. The van der Waals surface area contributed by atoms with Crippen LogP contribution in [0, 0.1) is 13.8 Å². The van der Waals surface area contributed by atoms with Gasteiger partial charge in [0.25, 0.3) is 0 Å². The Bertz CT molecular complexity index is 770. The quantitative estimate of drug-likeness (QED) is 0.579. The van der Waals surface area contributed by atoms with Crippen molar-refractivity contribution in [3.63, 3.8) is 0 Å². The number of carbonyl (C=O) groups excluding carboxylic acids is 2. The number of amides is 3. The number of nitrogens with one attached hydrogen (secondary N) is 3. The number of benzene rings is 2. The van der Waals surface area contributed by atoms with Gasteiger partial charge in [-0.05, 0) is 68.3 Å². The largest absolute Gasteiger partial charge is 0.494 e. The van der Waals surface area contributed by atoms with Crippen molar-refractivity contribution >= 4 is 17.6 Å². The zero-order valence-electron chi connectivity index (χ0n) is 16.5.